The van der Waals surface area contributed by atoms with Gasteiger partial charge in [0.25, 0.3) is 5.91 Å². The number of piperazine rings is 1. The van der Waals surface area contributed by atoms with Crippen LogP contribution in [0.15, 0.2) is 83.3 Å². The van der Waals surface area contributed by atoms with Gasteiger partial charge in [0, 0.05) is 37.1 Å². The lowest BCUT2D eigenvalue weighted by Crippen LogP contribution is -2.53. The lowest BCUT2D eigenvalue weighted by Gasteiger charge is -2.36. The monoisotopic (exact) mass is 530 g/mol. The summed E-state index contributed by atoms with van der Waals surface area (Å²) < 4.78 is 0.767. The lowest BCUT2D eigenvalue weighted by molar-refractivity contribution is -0.144. The minimum Gasteiger partial charge on any atom is -0.338 e. The average Bonchev–Trinajstić information content (AvgIpc) is 3.72. The summed E-state index contributed by atoms with van der Waals surface area (Å²) in [5.41, 5.74) is 2.91. The number of benzene rings is 3. The van der Waals surface area contributed by atoms with Crippen molar-refractivity contribution in [3.8, 4) is 11.1 Å². The zero-order valence-corrected chi connectivity index (χ0v) is 21.0. The standard InChI is InChI=1S/C29H27BrN2O3/c30-25-9-5-4-8-24(25)27(34)31-16-18-32(19-17-31)28(35)29(14-15-29)26(33)20-21-10-12-23(13-11-21)22-6-2-1-3-7-22/h1-13H,14-20H2. The Hall–Kier alpha value is -3.25. The van der Waals surface area contributed by atoms with Gasteiger partial charge in [-0.25, -0.2) is 0 Å². The highest BCUT2D eigenvalue weighted by Crippen LogP contribution is 2.49. The molecule has 0 radical (unpaired) electrons. The molecule has 0 unspecified atom stereocenters. The van der Waals surface area contributed by atoms with Crippen molar-refractivity contribution in [2.24, 2.45) is 5.41 Å². The number of halogens is 1. The minimum atomic E-state index is -0.882. The molecule has 1 aliphatic carbocycles. The van der Waals surface area contributed by atoms with E-state index >= 15 is 0 Å². The third kappa shape index (κ3) is 4.80. The SMILES string of the molecule is O=C(c1ccccc1Br)N1CCN(C(=O)C2(C(=O)Cc3ccc(-c4ccccc4)cc3)CC2)CC1. The van der Waals surface area contributed by atoms with Gasteiger partial charge in [-0.2, -0.15) is 0 Å². The second kappa shape index (κ2) is 9.78. The van der Waals surface area contributed by atoms with Crippen LogP contribution in [0.4, 0.5) is 0 Å². The van der Waals surface area contributed by atoms with Crippen LogP contribution < -0.4 is 0 Å². The number of hydrogen-bond acceptors (Lipinski definition) is 3. The molecule has 0 aromatic heterocycles. The minimum absolute atomic E-state index is 0.00156. The Morgan fingerprint density at radius 2 is 1.29 bits per heavy atom. The molecule has 0 N–H and O–H groups in total. The van der Waals surface area contributed by atoms with Gasteiger partial charge in [-0.3, -0.25) is 14.4 Å². The molecule has 2 fully saturated rings. The van der Waals surface area contributed by atoms with Crippen molar-refractivity contribution in [2.75, 3.05) is 26.2 Å². The van der Waals surface area contributed by atoms with E-state index in [2.05, 4.69) is 28.1 Å². The Morgan fingerprint density at radius 3 is 1.91 bits per heavy atom. The van der Waals surface area contributed by atoms with Gasteiger partial charge in [0.15, 0.2) is 5.78 Å². The first kappa shape index (κ1) is 23.5. The van der Waals surface area contributed by atoms with E-state index < -0.39 is 5.41 Å². The van der Waals surface area contributed by atoms with Crippen LogP contribution in [-0.4, -0.2) is 53.6 Å². The van der Waals surface area contributed by atoms with Crippen LogP contribution in [0.25, 0.3) is 11.1 Å². The Kier molecular flexibility index (Phi) is 6.56. The molecule has 3 aromatic carbocycles. The summed E-state index contributed by atoms with van der Waals surface area (Å²) in [7, 11) is 0. The maximum atomic E-state index is 13.3. The van der Waals surface area contributed by atoms with Crippen LogP contribution in [0.3, 0.4) is 0 Å². The van der Waals surface area contributed by atoms with E-state index in [1.165, 1.54) is 0 Å². The molecular formula is C29H27BrN2O3. The summed E-state index contributed by atoms with van der Waals surface area (Å²) >= 11 is 3.44. The van der Waals surface area contributed by atoms with Crippen LogP contribution in [0.5, 0.6) is 0 Å². The Bertz CT molecular complexity index is 1240. The fraction of sp³-hybridized carbons (Fsp3) is 0.276. The average molecular weight is 531 g/mol. The smallest absolute Gasteiger partial charge is 0.255 e. The van der Waals surface area contributed by atoms with E-state index in [0.717, 1.165) is 21.2 Å². The van der Waals surface area contributed by atoms with E-state index in [9.17, 15) is 14.4 Å². The van der Waals surface area contributed by atoms with Crippen LogP contribution >= 0.6 is 15.9 Å². The number of ketones is 1. The summed E-state index contributed by atoms with van der Waals surface area (Å²) in [5.74, 6) is -0.112. The first-order valence-electron chi connectivity index (χ1n) is 12.0. The maximum Gasteiger partial charge on any atom is 0.255 e. The molecule has 178 valence electrons. The molecule has 2 aliphatic rings. The molecule has 0 bridgehead atoms. The molecule has 3 aromatic rings. The molecule has 6 heteroatoms. The maximum absolute atomic E-state index is 13.3. The predicted molar refractivity (Wildman–Crippen MR) is 139 cm³/mol. The molecule has 1 saturated carbocycles. The van der Waals surface area contributed by atoms with Crippen molar-refractivity contribution < 1.29 is 14.4 Å². The predicted octanol–water partition coefficient (Wildman–Crippen LogP) is 4.99. The summed E-state index contributed by atoms with van der Waals surface area (Å²) in [6, 6.07) is 25.5. The summed E-state index contributed by atoms with van der Waals surface area (Å²) in [6.45, 7) is 1.85. The molecule has 5 nitrogen and oxygen atoms in total. The zero-order chi connectivity index (χ0) is 24.4. The highest BCUT2D eigenvalue weighted by Gasteiger charge is 2.57. The fourth-order valence-corrected chi connectivity index (χ4v) is 5.21. The van der Waals surface area contributed by atoms with Gasteiger partial charge in [0.2, 0.25) is 5.91 Å². The lowest BCUT2D eigenvalue weighted by atomic mass is 9.92. The Balaban J connectivity index is 1.19. The van der Waals surface area contributed by atoms with E-state index in [1.54, 1.807) is 15.9 Å². The van der Waals surface area contributed by atoms with Crippen molar-refractivity contribution >= 4 is 33.5 Å². The molecule has 1 heterocycles. The molecule has 0 atom stereocenters. The third-order valence-electron chi connectivity index (χ3n) is 7.08. The van der Waals surface area contributed by atoms with Crippen LogP contribution in [0.2, 0.25) is 0 Å². The van der Waals surface area contributed by atoms with E-state index in [-0.39, 0.29) is 24.0 Å². The van der Waals surface area contributed by atoms with E-state index in [4.69, 9.17) is 0 Å². The first-order valence-corrected chi connectivity index (χ1v) is 12.8. The van der Waals surface area contributed by atoms with Crippen molar-refractivity contribution in [1.82, 2.24) is 9.80 Å². The van der Waals surface area contributed by atoms with E-state index in [0.29, 0.717) is 44.6 Å². The number of hydrogen-bond donors (Lipinski definition) is 0. The van der Waals surface area contributed by atoms with E-state index in [1.807, 2.05) is 60.7 Å². The van der Waals surface area contributed by atoms with Crippen molar-refractivity contribution in [3.63, 3.8) is 0 Å². The Morgan fingerprint density at radius 1 is 0.714 bits per heavy atom. The van der Waals surface area contributed by atoms with Crippen LogP contribution in [-0.2, 0) is 16.0 Å². The third-order valence-corrected chi connectivity index (χ3v) is 7.77. The molecular weight excluding hydrogens is 504 g/mol. The summed E-state index contributed by atoms with van der Waals surface area (Å²) in [5, 5.41) is 0. The normalized spacial score (nSPS) is 16.6. The molecule has 1 aliphatic heterocycles. The second-order valence-corrected chi connectivity index (χ2v) is 10.2. The van der Waals surface area contributed by atoms with Gasteiger partial charge in [0.1, 0.15) is 5.41 Å². The topological polar surface area (TPSA) is 57.7 Å². The fourth-order valence-electron chi connectivity index (χ4n) is 4.76. The van der Waals surface area contributed by atoms with Crippen molar-refractivity contribution in [1.29, 1.82) is 0 Å². The molecule has 5 rings (SSSR count). The molecule has 35 heavy (non-hydrogen) atoms. The highest BCUT2D eigenvalue weighted by molar-refractivity contribution is 9.10. The highest BCUT2D eigenvalue weighted by atomic mass is 79.9. The van der Waals surface area contributed by atoms with Crippen LogP contribution in [0.1, 0.15) is 28.8 Å². The van der Waals surface area contributed by atoms with Gasteiger partial charge >= 0.3 is 0 Å². The molecule has 1 saturated heterocycles. The van der Waals surface area contributed by atoms with Crippen molar-refractivity contribution in [2.45, 2.75) is 19.3 Å². The molecule has 2 amide bonds. The van der Waals surface area contributed by atoms with Gasteiger partial charge in [-0.1, -0.05) is 66.7 Å². The van der Waals surface area contributed by atoms with Gasteiger partial charge in [0.05, 0.1) is 5.56 Å². The van der Waals surface area contributed by atoms with Crippen molar-refractivity contribution in [3.05, 3.63) is 94.5 Å². The largest absolute Gasteiger partial charge is 0.338 e. The Labute approximate surface area is 213 Å². The second-order valence-electron chi connectivity index (χ2n) is 9.31. The van der Waals surface area contributed by atoms with Gasteiger partial charge in [-0.15, -0.1) is 0 Å². The van der Waals surface area contributed by atoms with Gasteiger partial charge < -0.3 is 9.80 Å². The quantitative estimate of drug-likeness (QED) is 0.421. The number of carbonyl (C=O) groups is 3. The number of amides is 2. The van der Waals surface area contributed by atoms with Gasteiger partial charge in [-0.05, 0) is 57.6 Å². The number of rotatable bonds is 6. The molecule has 0 spiro atoms. The first-order chi connectivity index (χ1) is 17.0. The number of nitrogens with zero attached hydrogens (tertiary/aromatic N) is 2. The summed E-state index contributed by atoms with van der Waals surface area (Å²) in [4.78, 5) is 43.0. The number of carbonyl (C=O) groups excluding carboxylic acids is 3. The zero-order valence-electron chi connectivity index (χ0n) is 19.5. The van der Waals surface area contributed by atoms with Crippen LogP contribution in [0, 0.1) is 5.41 Å². The summed E-state index contributed by atoms with van der Waals surface area (Å²) in [6.07, 6.45) is 1.49. The number of Topliss-reactive ketones (excluding diaryl/α,β-unsaturated/α-hetero) is 1.